The van der Waals surface area contributed by atoms with Gasteiger partial charge in [-0.25, -0.2) is 4.98 Å². The van der Waals surface area contributed by atoms with Gasteiger partial charge in [0.15, 0.2) is 0 Å². The van der Waals surface area contributed by atoms with Gasteiger partial charge in [-0.05, 0) is 49.4 Å². The average molecular weight is 389 g/mol. The second-order valence-corrected chi connectivity index (χ2v) is 7.35. The topological polar surface area (TPSA) is 41.1 Å². The number of nitrogens with zero attached hydrogens (tertiary/aromatic N) is 3. The van der Waals surface area contributed by atoms with E-state index < -0.39 is 0 Å². The number of aromatic nitrogens is 2. The molecule has 0 fully saturated rings. The quantitative estimate of drug-likeness (QED) is 0.813. The van der Waals surface area contributed by atoms with Gasteiger partial charge in [-0.3, -0.25) is 0 Å². The van der Waals surface area contributed by atoms with Crippen LogP contribution in [0.15, 0.2) is 28.7 Å². The van der Waals surface area contributed by atoms with Crippen molar-refractivity contribution < 1.29 is 0 Å². The molecular weight excluding hydrogens is 364 g/mol. The standard InChI is InChI=1S/C19H25BrN4/c1-4-13(3)21-19-22-17(5-2)11-18(23-19)24-9-8-14-10-16(20)7-6-15(14)12-24/h6-7,10-11,13H,4-5,8-9,12H2,1-3H3,(H,21,22,23)/t13-/m1/s1. The van der Waals surface area contributed by atoms with Gasteiger partial charge in [0.2, 0.25) is 5.95 Å². The van der Waals surface area contributed by atoms with Crippen molar-refractivity contribution in [1.82, 2.24) is 9.97 Å². The molecule has 128 valence electrons. The Morgan fingerprint density at radius 3 is 2.79 bits per heavy atom. The van der Waals surface area contributed by atoms with Crippen molar-refractivity contribution in [3.8, 4) is 0 Å². The van der Waals surface area contributed by atoms with Gasteiger partial charge in [0, 0.05) is 35.4 Å². The average Bonchev–Trinajstić information content (AvgIpc) is 2.60. The first-order chi connectivity index (χ1) is 11.6. The highest BCUT2D eigenvalue weighted by Gasteiger charge is 2.19. The molecule has 0 saturated heterocycles. The number of aryl methyl sites for hydroxylation is 1. The number of halogens is 1. The molecule has 1 aliphatic heterocycles. The van der Waals surface area contributed by atoms with Gasteiger partial charge in [-0.2, -0.15) is 4.98 Å². The highest BCUT2D eigenvalue weighted by atomic mass is 79.9. The molecule has 0 unspecified atom stereocenters. The molecule has 0 spiro atoms. The van der Waals surface area contributed by atoms with Gasteiger partial charge in [0.05, 0.1) is 0 Å². The molecule has 5 heteroatoms. The van der Waals surface area contributed by atoms with Crippen LogP contribution >= 0.6 is 15.9 Å². The van der Waals surface area contributed by atoms with Crippen molar-refractivity contribution in [2.75, 3.05) is 16.8 Å². The van der Waals surface area contributed by atoms with Crippen LogP contribution < -0.4 is 10.2 Å². The van der Waals surface area contributed by atoms with Crippen LogP contribution in [0.5, 0.6) is 0 Å². The molecule has 0 aliphatic carbocycles. The molecule has 0 saturated carbocycles. The summed E-state index contributed by atoms with van der Waals surface area (Å²) in [6.45, 7) is 8.37. The molecule has 1 aliphatic rings. The highest BCUT2D eigenvalue weighted by molar-refractivity contribution is 9.10. The van der Waals surface area contributed by atoms with E-state index in [1.165, 1.54) is 11.1 Å². The zero-order valence-electron chi connectivity index (χ0n) is 14.6. The van der Waals surface area contributed by atoms with Gasteiger partial charge in [-0.1, -0.05) is 35.8 Å². The summed E-state index contributed by atoms with van der Waals surface area (Å²) in [7, 11) is 0. The Kier molecular flexibility index (Phi) is 5.39. The Bertz CT molecular complexity index is 717. The fourth-order valence-electron chi connectivity index (χ4n) is 2.93. The molecule has 0 radical (unpaired) electrons. The predicted octanol–water partition coefficient (Wildman–Crippen LogP) is 4.57. The first-order valence-corrected chi connectivity index (χ1v) is 9.55. The monoisotopic (exact) mass is 388 g/mol. The van der Waals surface area contributed by atoms with Crippen LogP contribution in [-0.4, -0.2) is 22.6 Å². The van der Waals surface area contributed by atoms with Crippen molar-refractivity contribution in [1.29, 1.82) is 0 Å². The van der Waals surface area contributed by atoms with Gasteiger partial charge in [0.25, 0.3) is 0 Å². The van der Waals surface area contributed by atoms with Crippen LogP contribution in [0.25, 0.3) is 0 Å². The van der Waals surface area contributed by atoms with Crippen molar-refractivity contribution in [3.05, 3.63) is 45.6 Å². The third-order valence-corrected chi connectivity index (χ3v) is 5.11. The van der Waals surface area contributed by atoms with E-state index in [4.69, 9.17) is 4.98 Å². The fourth-order valence-corrected chi connectivity index (χ4v) is 3.34. The normalized spacial score (nSPS) is 15.1. The number of fused-ring (bicyclic) bond motifs is 1. The molecule has 0 amide bonds. The summed E-state index contributed by atoms with van der Waals surface area (Å²) < 4.78 is 1.16. The Balaban J connectivity index is 1.86. The van der Waals surface area contributed by atoms with Gasteiger partial charge >= 0.3 is 0 Å². The van der Waals surface area contributed by atoms with Crippen molar-refractivity contribution in [3.63, 3.8) is 0 Å². The molecule has 4 nitrogen and oxygen atoms in total. The molecule has 2 heterocycles. The first-order valence-electron chi connectivity index (χ1n) is 8.75. The molecular formula is C19H25BrN4. The molecule has 2 aromatic rings. The van der Waals surface area contributed by atoms with Crippen LogP contribution in [0, 0.1) is 0 Å². The molecule has 0 bridgehead atoms. The maximum Gasteiger partial charge on any atom is 0.225 e. The number of benzene rings is 1. The van der Waals surface area contributed by atoms with E-state index in [2.05, 4.69) is 76.2 Å². The largest absolute Gasteiger partial charge is 0.352 e. The van der Waals surface area contributed by atoms with E-state index in [0.717, 1.165) is 54.3 Å². The summed E-state index contributed by atoms with van der Waals surface area (Å²) in [6, 6.07) is 9.08. The number of rotatable bonds is 5. The third-order valence-electron chi connectivity index (χ3n) is 4.62. The van der Waals surface area contributed by atoms with E-state index in [1.807, 2.05) is 0 Å². The SMILES string of the molecule is CCc1cc(N2CCc3cc(Br)ccc3C2)nc(N[C@H](C)CC)n1. The number of hydrogen-bond donors (Lipinski definition) is 1. The molecule has 1 N–H and O–H groups in total. The molecule has 1 aromatic carbocycles. The van der Waals surface area contributed by atoms with Crippen LogP contribution in [-0.2, 0) is 19.4 Å². The maximum atomic E-state index is 4.78. The van der Waals surface area contributed by atoms with Crippen LogP contribution in [0.3, 0.4) is 0 Å². The van der Waals surface area contributed by atoms with E-state index in [1.54, 1.807) is 0 Å². The van der Waals surface area contributed by atoms with Crippen molar-refractivity contribution >= 4 is 27.7 Å². The molecule has 1 atom stereocenters. The van der Waals surface area contributed by atoms with Gasteiger partial charge in [0.1, 0.15) is 5.82 Å². The Labute approximate surface area is 152 Å². The fraction of sp³-hybridized carbons (Fsp3) is 0.474. The van der Waals surface area contributed by atoms with Gasteiger partial charge in [-0.15, -0.1) is 0 Å². The van der Waals surface area contributed by atoms with E-state index in [9.17, 15) is 0 Å². The maximum absolute atomic E-state index is 4.78. The number of nitrogens with one attached hydrogen (secondary N) is 1. The highest BCUT2D eigenvalue weighted by Crippen LogP contribution is 2.26. The first kappa shape index (κ1) is 17.2. The minimum atomic E-state index is 0.379. The number of anilines is 2. The summed E-state index contributed by atoms with van der Waals surface area (Å²) in [5.74, 6) is 1.78. The second kappa shape index (κ2) is 7.51. The summed E-state index contributed by atoms with van der Waals surface area (Å²) in [5.41, 5.74) is 3.91. The summed E-state index contributed by atoms with van der Waals surface area (Å²) in [5, 5.41) is 3.42. The second-order valence-electron chi connectivity index (χ2n) is 6.43. The zero-order chi connectivity index (χ0) is 17.1. The lowest BCUT2D eigenvalue weighted by Gasteiger charge is -2.30. The summed E-state index contributed by atoms with van der Waals surface area (Å²) >= 11 is 3.57. The smallest absolute Gasteiger partial charge is 0.225 e. The molecule has 3 rings (SSSR count). The lowest BCUT2D eigenvalue weighted by molar-refractivity contribution is 0.712. The number of hydrogen-bond acceptors (Lipinski definition) is 4. The minimum absolute atomic E-state index is 0.379. The van der Waals surface area contributed by atoms with E-state index >= 15 is 0 Å². The Morgan fingerprint density at radius 2 is 2.04 bits per heavy atom. The van der Waals surface area contributed by atoms with Crippen LogP contribution in [0.2, 0.25) is 0 Å². The predicted molar refractivity (Wildman–Crippen MR) is 104 cm³/mol. The molecule has 24 heavy (non-hydrogen) atoms. The lowest BCUT2D eigenvalue weighted by atomic mass is 10.00. The Hall–Kier alpha value is -1.62. The zero-order valence-corrected chi connectivity index (χ0v) is 16.2. The van der Waals surface area contributed by atoms with Crippen molar-refractivity contribution in [2.45, 2.75) is 52.6 Å². The minimum Gasteiger partial charge on any atom is -0.352 e. The lowest BCUT2D eigenvalue weighted by Crippen LogP contribution is -2.31. The summed E-state index contributed by atoms with van der Waals surface area (Å²) in [4.78, 5) is 11.8. The third kappa shape index (κ3) is 3.89. The van der Waals surface area contributed by atoms with Gasteiger partial charge < -0.3 is 10.2 Å². The van der Waals surface area contributed by atoms with Crippen LogP contribution in [0.4, 0.5) is 11.8 Å². The van der Waals surface area contributed by atoms with Crippen molar-refractivity contribution in [2.24, 2.45) is 0 Å². The Morgan fingerprint density at radius 1 is 1.21 bits per heavy atom. The molecule has 1 aromatic heterocycles. The van der Waals surface area contributed by atoms with Crippen LogP contribution in [0.1, 0.15) is 44.0 Å². The van der Waals surface area contributed by atoms with E-state index in [0.29, 0.717) is 6.04 Å². The summed E-state index contributed by atoms with van der Waals surface area (Å²) in [6.07, 6.45) is 3.03. The van der Waals surface area contributed by atoms with E-state index in [-0.39, 0.29) is 0 Å².